The summed E-state index contributed by atoms with van der Waals surface area (Å²) in [5.74, 6) is -0.344. The predicted molar refractivity (Wildman–Crippen MR) is 91.0 cm³/mol. The van der Waals surface area contributed by atoms with Crippen molar-refractivity contribution in [3.63, 3.8) is 0 Å². The molecule has 1 fully saturated rings. The van der Waals surface area contributed by atoms with Crippen molar-refractivity contribution >= 4 is 21.6 Å². The lowest BCUT2D eigenvalue weighted by Crippen LogP contribution is -2.39. The molecule has 126 valence electrons. The number of nitrogens with one attached hydrogen (secondary N) is 1. The minimum atomic E-state index is -3.73. The number of pyridine rings is 1. The van der Waals surface area contributed by atoms with Crippen molar-refractivity contribution < 1.29 is 13.2 Å². The van der Waals surface area contributed by atoms with Crippen molar-refractivity contribution in [2.45, 2.75) is 30.7 Å². The van der Waals surface area contributed by atoms with Gasteiger partial charge in [0, 0.05) is 24.1 Å². The molecule has 0 unspecified atom stereocenters. The molecule has 0 saturated heterocycles. The minimum absolute atomic E-state index is 0.112. The molecule has 0 radical (unpaired) electrons. The maximum atomic E-state index is 12.8. The average molecular weight is 345 g/mol. The van der Waals surface area contributed by atoms with Crippen molar-refractivity contribution in [3.05, 3.63) is 54.4 Å². The largest absolute Gasteiger partial charge is 0.325 e. The Kier molecular flexibility index (Phi) is 4.64. The van der Waals surface area contributed by atoms with Crippen LogP contribution in [0.5, 0.6) is 0 Å². The molecule has 0 aliphatic heterocycles. The second kappa shape index (κ2) is 6.70. The molecule has 1 N–H and O–H groups in total. The number of anilines is 1. The normalized spacial score (nSPS) is 14.6. The van der Waals surface area contributed by atoms with Crippen LogP contribution in [0.4, 0.5) is 5.69 Å². The van der Waals surface area contributed by atoms with Gasteiger partial charge in [-0.2, -0.15) is 4.31 Å². The van der Waals surface area contributed by atoms with Crippen molar-refractivity contribution in [1.29, 1.82) is 0 Å². The zero-order valence-corrected chi connectivity index (χ0v) is 14.2. The summed E-state index contributed by atoms with van der Waals surface area (Å²) in [5, 5.41) is 2.79. The smallest absolute Gasteiger partial charge is 0.245 e. The van der Waals surface area contributed by atoms with Crippen LogP contribution in [0.15, 0.2) is 53.7 Å². The number of hydrogen-bond donors (Lipinski definition) is 1. The molecule has 1 saturated carbocycles. The van der Waals surface area contributed by atoms with Crippen molar-refractivity contribution in [2.75, 3.05) is 11.9 Å². The number of aryl methyl sites for hydroxylation is 1. The van der Waals surface area contributed by atoms with E-state index < -0.39 is 10.0 Å². The van der Waals surface area contributed by atoms with E-state index in [0.717, 1.165) is 18.4 Å². The van der Waals surface area contributed by atoms with Gasteiger partial charge in [0.1, 0.15) is 4.90 Å². The Balaban J connectivity index is 1.78. The van der Waals surface area contributed by atoms with Gasteiger partial charge in [-0.1, -0.05) is 18.2 Å². The number of carbonyl (C=O) groups is 1. The lowest BCUT2D eigenvalue weighted by Gasteiger charge is -2.21. The number of para-hydroxylation sites is 1. The van der Waals surface area contributed by atoms with E-state index in [1.807, 2.05) is 25.1 Å². The van der Waals surface area contributed by atoms with Crippen LogP contribution >= 0.6 is 0 Å². The van der Waals surface area contributed by atoms with Gasteiger partial charge in [0.05, 0.1) is 6.54 Å². The fourth-order valence-electron chi connectivity index (χ4n) is 2.45. The molecule has 1 aromatic heterocycles. The van der Waals surface area contributed by atoms with Gasteiger partial charge in [-0.3, -0.25) is 9.78 Å². The molecule has 1 aliphatic carbocycles. The molecule has 7 heteroatoms. The van der Waals surface area contributed by atoms with Gasteiger partial charge in [-0.25, -0.2) is 8.42 Å². The highest BCUT2D eigenvalue weighted by Gasteiger charge is 2.39. The van der Waals surface area contributed by atoms with Crippen LogP contribution in [0.2, 0.25) is 0 Å². The first kappa shape index (κ1) is 16.6. The van der Waals surface area contributed by atoms with E-state index >= 15 is 0 Å². The number of amides is 1. The summed E-state index contributed by atoms with van der Waals surface area (Å²) in [6, 6.07) is 10.4. The molecule has 6 nitrogen and oxygen atoms in total. The van der Waals surface area contributed by atoms with Crippen molar-refractivity contribution in [1.82, 2.24) is 9.29 Å². The molecule has 1 aromatic carbocycles. The van der Waals surface area contributed by atoms with Gasteiger partial charge in [0.15, 0.2) is 0 Å². The number of carbonyl (C=O) groups excluding carboxylic acids is 1. The monoisotopic (exact) mass is 345 g/mol. The van der Waals surface area contributed by atoms with Crippen LogP contribution in [-0.4, -0.2) is 36.2 Å². The van der Waals surface area contributed by atoms with E-state index in [-0.39, 0.29) is 23.4 Å². The first-order valence-electron chi connectivity index (χ1n) is 7.76. The van der Waals surface area contributed by atoms with Crippen LogP contribution < -0.4 is 5.32 Å². The molecule has 1 aliphatic rings. The van der Waals surface area contributed by atoms with Crippen LogP contribution in [0.25, 0.3) is 0 Å². The van der Waals surface area contributed by atoms with E-state index in [2.05, 4.69) is 10.3 Å². The third-order valence-corrected chi connectivity index (χ3v) is 5.80. The van der Waals surface area contributed by atoms with Crippen LogP contribution in [0, 0.1) is 6.92 Å². The van der Waals surface area contributed by atoms with Gasteiger partial charge >= 0.3 is 0 Å². The lowest BCUT2D eigenvalue weighted by atomic mass is 10.2. The Morgan fingerprint density at radius 1 is 1.25 bits per heavy atom. The quantitative estimate of drug-likeness (QED) is 0.870. The number of rotatable bonds is 6. The zero-order chi connectivity index (χ0) is 17.2. The first-order valence-corrected chi connectivity index (χ1v) is 9.20. The molecule has 1 heterocycles. The van der Waals surface area contributed by atoms with Crippen LogP contribution in [0.1, 0.15) is 18.4 Å². The third kappa shape index (κ3) is 3.63. The molecule has 0 atom stereocenters. The fraction of sp³-hybridized carbons (Fsp3) is 0.294. The highest BCUT2D eigenvalue weighted by atomic mass is 32.2. The zero-order valence-electron chi connectivity index (χ0n) is 13.3. The number of benzene rings is 1. The Morgan fingerprint density at radius 3 is 2.62 bits per heavy atom. The maximum absolute atomic E-state index is 12.8. The van der Waals surface area contributed by atoms with Crippen molar-refractivity contribution in [3.8, 4) is 0 Å². The number of aromatic nitrogens is 1. The molecule has 0 bridgehead atoms. The molecular weight excluding hydrogens is 326 g/mol. The van der Waals surface area contributed by atoms with Gasteiger partial charge in [0.25, 0.3) is 0 Å². The molecule has 2 aromatic rings. The summed E-state index contributed by atoms with van der Waals surface area (Å²) in [6.07, 6.45) is 4.38. The summed E-state index contributed by atoms with van der Waals surface area (Å²) in [6.45, 7) is 1.69. The van der Waals surface area contributed by atoms with Crippen LogP contribution in [0.3, 0.4) is 0 Å². The van der Waals surface area contributed by atoms with E-state index in [0.29, 0.717) is 5.69 Å². The molecule has 24 heavy (non-hydrogen) atoms. The van der Waals surface area contributed by atoms with E-state index in [4.69, 9.17) is 0 Å². The van der Waals surface area contributed by atoms with E-state index in [1.165, 1.54) is 22.8 Å². The first-order chi connectivity index (χ1) is 11.5. The predicted octanol–water partition coefficient (Wildman–Crippen LogP) is 2.18. The average Bonchev–Trinajstić information content (AvgIpc) is 3.40. The minimum Gasteiger partial charge on any atom is -0.325 e. The third-order valence-electron chi connectivity index (χ3n) is 3.91. The van der Waals surface area contributed by atoms with E-state index in [1.54, 1.807) is 12.1 Å². The maximum Gasteiger partial charge on any atom is 0.245 e. The number of hydrogen-bond acceptors (Lipinski definition) is 4. The summed E-state index contributed by atoms with van der Waals surface area (Å²) < 4.78 is 26.8. The van der Waals surface area contributed by atoms with Gasteiger partial charge in [-0.05, 0) is 43.5 Å². The van der Waals surface area contributed by atoms with Gasteiger partial charge in [0.2, 0.25) is 15.9 Å². The molecule has 0 spiro atoms. The Bertz CT molecular complexity index is 833. The summed E-state index contributed by atoms with van der Waals surface area (Å²) in [4.78, 5) is 16.3. The molecular formula is C17H19N3O3S. The number of sulfonamides is 1. The summed E-state index contributed by atoms with van der Waals surface area (Å²) in [7, 11) is -3.73. The molecule has 3 rings (SSSR count). The highest BCUT2D eigenvalue weighted by molar-refractivity contribution is 7.89. The highest BCUT2D eigenvalue weighted by Crippen LogP contribution is 2.31. The molecule has 1 amide bonds. The second-order valence-electron chi connectivity index (χ2n) is 5.83. The fourth-order valence-corrected chi connectivity index (χ4v) is 4.06. The van der Waals surface area contributed by atoms with E-state index in [9.17, 15) is 13.2 Å². The Morgan fingerprint density at radius 2 is 2.00 bits per heavy atom. The van der Waals surface area contributed by atoms with Gasteiger partial charge in [-0.15, -0.1) is 0 Å². The summed E-state index contributed by atoms with van der Waals surface area (Å²) in [5.41, 5.74) is 1.62. The van der Waals surface area contributed by atoms with Crippen molar-refractivity contribution in [2.24, 2.45) is 0 Å². The SMILES string of the molecule is Cc1ccccc1NC(=O)CN(C1CC1)S(=O)(=O)c1cccnc1. The Labute approximate surface area is 141 Å². The lowest BCUT2D eigenvalue weighted by molar-refractivity contribution is -0.116. The van der Waals surface area contributed by atoms with Crippen LogP contribution in [-0.2, 0) is 14.8 Å². The standard InChI is InChI=1S/C17H19N3O3S/c1-13-5-2-3-7-16(13)19-17(21)12-20(14-8-9-14)24(22,23)15-6-4-10-18-11-15/h2-7,10-11,14H,8-9,12H2,1H3,(H,19,21). The van der Waals surface area contributed by atoms with Gasteiger partial charge < -0.3 is 5.32 Å². The Hall–Kier alpha value is -2.25. The number of nitrogens with zero attached hydrogens (tertiary/aromatic N) is 2. The second-order valence-corrected chi connectivity index (χ2v) is 7.72. The topological polar surface area (TPSA) is 79.4 Å². The summed E-state index contributed by atoms with van der Waals surface area (Å²) >= 11 is 0.